The van der Waals surface area contributed by atoms with E-state index in [-0.39, 0.29) is 4.49 Å². The molecule has 0 amide bonds. The average Bonchev–Trinajstić information content (AvgIpc) is 2.24. The van der Waals surface area contributed by atoms with Gasteiger partial charge in [-0.3, -0.25) is 0 Å². The van der Waals surface area contributed by atoms with Gasteiger partial charge in [-0.05, 0) is 0 Å². The van der Waals surface area contributed by atoms with E-state index >= 15 is 0 Å². The van der Waals surface area contributed by atoms with Crippen molar-refractivity contribution in [2.45, 2.75) is 0 Å². The Balaban J connectivity index is 0. The second kappa shape index (κ2) is 11.2. The number of carbonyl (C=O) groups is 1. The molecular weight excluding hydrogens is 227 g/mol. The summed E-state index contributed by atoms with van der Waals surface area (Å²) >= 11 is 4.21. The van der Waals surface area contributed by atoms with Gasteiger partial charge in [-0.15, -0.1) is 0 Å². The van der Waals surface area contributed by atoms with Gasteiger partial charge in [0.2, 0.25) is 0 Å². The van der Waals surface area contributed by atoms with Crippen LogP contribution in [-0.2, 0) is 24.6 Å². The number of nitriles is 2. The van der Waals surface area contributed by atoms with Crippen LogP contribution in [0.4, 0.5) is 0 Å². The minimum atomic E-state index is -0.696. The normalized spacial score (nSPS) is 7.43. The van der Waals surface area contributed by atoms with Crippen molar-refractivity contribution in [1.82, 2.24) is 0 Å². The maximum absolute atomic E-state index is 10.4. The molecule has 0 spiro atoms. The molecule has 0 saturated carbocycles. The van der Waals surface area contributed by atoms with Crippen molar-refractivity contribution >= 4 is 16.6 Å². The van der Waals surface area contributed by atoms with Crippen LogP contribution in [0.25, 0.3) is 0 Å². The summed E-state index contributed by atoms with van der Waals surface area (Å²) in [5.41, 5.74) is 0. The van der Waals surface area contributed by atoms with Crippen LogP contribution < -0.4 is 0 Å². The molecule has 0 aromatic heterocycles. The van der Waals surface area contributed by atoms with Gasteiger partial charge in [-0.1, -0.05) is 6.07 Å². The van der Waals surface area contributed by atoms with Gasteiger partial charge in [-0.2, -0.15) is 6.29 Å². The van der Waals surface area contributed by atoms with Gasteiger partial charge >= 0.3 is 66.2 Å². The Hall–Kier alpha value is -1.84. The van der Waals surface area contributed by atoms with Crippen LogP contribution in [0.3, 0.4) is 0 Å². The predicted octanol–water partition coefficient (Wildman–Crippen LogP) is -0.0367. The monoisotopic (exact) mass is 230 g/mol. The first-order valence-corrected chi connectivity index (χ1v) is 3.55. The molecule has 0 N–H and O–H groups in total. The average molecular weight is 231 g/mol. The number of Topliss-reactive ketones (excluding diaryl/α,β-unsaturated/α-hetero) is 1. The van der Waals surface area contributed by atoms with Crippen molar-refractivity contribution in [2.24, 2.45) is 0 Å². The molecule has 14 heavy (non-hydrogen) atoms. The molecule has 0 fully saturated rings. The number of ketones is 1. The molecule has 0 aliphatic rings. The van der Waals surface area contributed by atoms with Crippen molar-refractivity contribution in [3.05, 3.63) is 24.8 Å². The van der Waals surface area contributed by atoms with E-state index in [2.05, 4.69) is 15.0 Å². The predicted molar refractivity (Wildman–Crippen MR) is 44.9 cm³/mol. The summed E-state index contributed by atoms with van der Waals surface area (Å²) in [6.07, 6.45) is 4.96. The summed E-state index contributed by atoms with van der Waals surface area (Å²) in [4.78, 5) is 19.1. The van der Waals surface area contributed by atoms with Crippen molar-refractivity contribution in [3.8, 4) is 12.1 Å². The van der Waals surface area contributed by atoms with Gasteiger partial charge in [0.1, 0.15) is 0 Å². The Labute approximate surface area is 89.1 Å². The fourth-order valence-electron chi connectivity index (χ4n) is 0.260. The quantitative estimate of drug-likeness (QED) is 0.295. The number of rotatable bonds is 3. The molecule has 0 rings (SSSR count). The number of allylic oxidation sites excluding steroid dienone is 3. The van der Waals surface area contributed by atoms with E-state index in [9.17, 15) is 4.79 Å². The van der Waals surface area contributed by atoms with Gasteiger partial charge < -0.3 is 4.79 Å². The fourth-order valence-corrected chi connectivity index (χ4v) is 0.410. The minimum absolute atomic E-state index is 0.0178. The van der Waals surface area contributed by atoms with Crippen molar-refractivity contribution < 1.29 is 24.6 Å². The molecule has 0 bridgehead atoms. The van der Waals surface area contributed by atoms with Crippen LogP contribution >= 0.6 is 0 Å². The van der Waals surface area contributed by atoms with Gasteiger partial charge in [0.25, 0.3) is 0 Å². The summed E-state index contributed by atoms with van der Waals surface area (Å²) in [6, 6.07) is 2.52. The third-order valence-electron chi connectivity index (χ3n) is 0.693. The van der Waals surface area contributed by atoms with Crippen LogP contribution in [0.1, 0.15) is 0 Å². The molecule has 0 atom stereocenters. The van der Waals surface area contributed by atoms with Crippen LogP contribution in [0.15, 0.2) is 18.2 Å². The van der Waals surface area contributed by atoms with E-state index in [0.29, 0.717) is 0 Å². The van der Waals surface area contributed by atoms with E-state index < -0.39 is 5.78 Å². The Morgan fingerprint density at radius 2 is 2.00 bits per heavy atom. The number of nitrogens with zero attached hydrogens (tertiary/aromatic N) is 2. The molecule has 0 radical (unpaired) electrons. The van der Waals surface area contributed by atoms with Crippen molar-refractivity contribution in [3.63, 3.8) is 0 Å². The first kappa shape index (κ1) is 14.7. The molecule has 0 saturated heterocycles. The number of hydrogen-bond acceptors (Lipinski definition) is 4. The summed E-state index contributed by atoms with van der Waals surface area (Å²) in [6.45, 7) is 4.96. The van der Waals surface area contributed by atoms with Crippen molar-refractivity contribution in [1.29, 1.82) is 10.5 Å². The van der Waals surface area contributed by atoms with E-state index in [1.807, 2.05) is 0 Å². The summed E-state index contributed by atoms with van der Waals surface area (Å²) < 4.78 is 0.0178. The molecule has 0 heterocycles. The standard InChI is InChI=1S/C7H4NO.C2NO.Ni/c1-2-3-4-5-7(9)6-8;3-1-2-4;/h1-4H;;/q2*-1;/b4-3-;;. The molecule has 0 aliphatic carbocycles. The second-order valence-electron chi connectivity index (χ2n) is 1.52. The molecule has 5 heteroatoms. The number of carbonyl (C=O) groups excluding carboxylic acids is 2. The Kier molecular flexibility index (Phi) is 11.7. The zero-order valence-corrected chi connectivity index (χ0v) is 7.82. The zero-order chi connectivity index (χ0) is 11.4. The Morgan fingerprint density at radius 3 is 2.29 bits per heavy atom. The van der Waals surface area contributed by atoms with E-state index in [0.717, 1.165) is 12.4 Å². The number of hydrogen-bond donors (Lipinski definition) is 0. The molecular formula is C9H4N2NiO2-2. The van der Waals surface area contributed by atoms with Gasteiger partial charge in [0.05, 0.1) is 0 Å². The molecule has 0 aromatic rings. The first-order chi connectivity index (χ1) is 6.63. The van der Waals surface area contributed by atoms with Gasteiger partial charge in [0, 0.05) is 0 Å². The van der Waals surface area contributed by atoms with Crippen LogP contribution in [0.2, 0.25) is 0 Å². The molecule has 74 valence electrons. The maximum atomic E-state index is 10.4. The molecule has 0 aliphatic heterocycles. The van der Waals surface area contributed by atoms with Crippen LogP contribution in [0, 0.1) is 29.2 Å². The Bertz CT molecular complexity index is 345. The Morgan fingerprint density at radius 1 is 1.50 bits per heavy atom. The third kappa shape index (κ3) is 10.2. The van der Waals surface area contributed by atoms with Crippen molar-refractivity contribution in [2.75, 3.05) is 0 Å². The zero-order valence-electron chi connectivity index (χ0n) is 6.84. The van der Waals surface area contributed by atoms with E-state index in [4.69, 9.17) is 21.9 Å². The SMILES string of the molecule is N#C[C-]=O.[CH-]=C/C=C\[C](=[Ni])C(=O)C#N. The van der Waals surface area contributed by atoms with Gasteiger partial charge in [0.15, 0.2) is 0 Å². The molecule has 0 aromatic carbocycles. The summed E-state index contributed by atoms with van der Waals surface area (Å²) in [5, 5.41) is 15.3. The molecule has 0 unspecified atom stereocenters. The fraction of sp³-hybridized carbons (Fsp3) is 0. The second-order valence-corrected chi connectivity index (χ2v) is 2.05. The van der Waals surface area contributed by atoms with Gasteiger partial charge in [-0.25, -0.2) is 5.26 Å². The summed E-state index contributed by atoms with van der Waals surface area (Å²) in [5.74, 6) is -0.696. The van der Waals surface area contributed by atoms with Crippen LogP contribution in [0.5, 0.6) is 0 Å². The topological polar surface area (TPSA) is 81.7 Å². The van der Waals surface area contributed by atoms with Crippen LogP contribution in [-0.4, -0.2) is 16.6 Å². The summed E-state index contributed by atoms with van der Waals surface area (Å²) in [7, 11) is 0. The molecule has 4 nitrogen and oxygen atoms in total. The van der Waals surface area contributed by atoms with E-state index in [1.165, 1.54) is 24.3 Å². The third-order valence-corrected chi connectivity index (χ3v) is 1.08. The first-order valence-electron chi connectivity index (χ1n) is 3.05. The van der Waals surface area contributed by atoms with E-state index in [1.54, 1.807) is 0 Å².